The van der Waals surface area contributed by atoms with Gasteiger partial charge in [0.05, 0.1) is 5.71 Å². The molecular weight excluding hydrogens is 411 g/mol. The van der Waals surface area contributed by atoms with Crippen molar-refractivity contribution in [3.63, 3.8) is 0 Å². The molecule has 0 aliphatic carbocycles. The molecule has 32 heavy (non-hydrogen) atoms. The van der Waals surface area contributed by atoms with Crippen LogP contribution in [-0.4, -0.2) is 72.7 Å². The van der Waals surface area contributed by atoms with Crippen molar-refractivity contribution in [2.24, 2.45) is 5.16 Å². The van der Waals surface area contributed by atoms with Gasteiger partial charge in [0.2, 0.25) is 12.0 Å². The number of carbonyl (C=O) groups is 2. The lowest BCUT2D eigenvalue weighted by molar-refractivity contribution is -0.140. The van der Waals surface area contributed by atoms with Gasteiger partial charge in [-0.25, -0.2) is 4.39 Å². The molecule has 0 bridgehead atoms. The summed E-state index contributed by atoms with van der Waals surface area (Å²) >= 11 is 0. The lowest BCUT2D eigenvalue weighted by Crippen LogP contribution is -2.56. The number of carbonyl (C=O) groups excluding carboxylic acids is 2. The second kappa shape index (κ2) is 9.91. The smallest absolute Gasteiger partial charge is 0.265 e. The Morgan fingerprint density at radius 3 is 2.47 bits per heavy atom. The Balaban J connectivity index is 1.42. The largest absolute Gasteiger partial charge is 0.382 e. The predicted octanol–water partition coefficient (Wildman–Crippen LogP) is 1.82. The molecule has 168 valence electrons. The number of halogens is 1. The molecule has 4 rings (SSSR count). The fourth-order valence-electron chi connectivity index (χ4n) is 3.89. The van der Waals surface area contributed by atoms with E-state index in [1.807, 2.05) is 42.3 Å². The molecule has 2 atom stereocenters. The van der Waals surface area contributed by atoms with E-state index in [0.717, 1.165) is 18.7 Å². The molecule has 8 heteroatoms. The molecule has 0 saturated carbocycles. The first-order valence-corrected chi connectivity index (χ1v) is 10.8. The van der Waals surface area contributed by atoms with Gasteiger partial charge < -0.3 is 20.0 Å². The van der Waals surface area contributed by atoms with Crippen molar-refractivity contribution in [2.45, 2.75) is 25.0 Å². The average Bonchev–Trinajstić information content (AvgIpc) is 3.30. The van der Waals surface area contributed by atoms with E-state index in [1.165, 1.54) is 12.1 Å². The molecule has 2 amide bonds. The van der Waals surface area contributed by atoms with Crippen LogP contribution in [0.4, 0.5) is 4.39 Å². The minimum atomic E-state index is -0.825. The molecule has 1 saturated heterocycles. The van der Waals surface area contributed by atoms with Crippen molar-refractivity contribution in [3.05, 3.63) is 71.5 Å². The number of benzene rings is 2. The first-order valence-electron chi connectivity index (χ1n) is 10.8. The van der Waals surface area contributed by atoms with Gasteiger partial charge in [-0.2, -0.15) is 0 Å². The summed E-state index contributed by atoms with van der Waals surface area (Å²) in [5, 5.41) is 6.90. The van der Waals surface area contributed by atoms with E-state index in [4.69, 9.17) is 4.84 Å². The summed E-state index contributed by atoms with van der Waals surface area (Å²) in [4.78, 5) is 35.6. The van der Waals surface area contributed by atoms with Gasteiger partial charge in [0, 0.05) is 39.0 Å². The SMILES string of the molecule is CN1CCN(C(=O)C(Cc2ccccc2)NC(=O)C2CC(c3ccc(F)cc3)=NO2)CC1. The Morgan fingerprint density at radius 1 is 1.09 bits per heavy atom. The first-order chi connectivity index (χ1) is 15.5. The Kier molecular flexibility index (Phi) is 6.80. The minimum absolute atomic E-state index is 0.0898. The van der Waals surface area contributed by atoms with Gasteiger partial charge in [-0.3, -0.25) is 9.59 Å². The van der Waals surface area contributed by atoms with Gasteiger partial charge >= 0.3 is 0 Å². The van der Waals surface area contributed by atoms with Crippen molar-refractivity contribution in [2.75, 3.05) is 33.2 Å². The molecule has 1 N–H and O–H groups in total. The van der Waals surface area contributed by atoms with Crippen LogP contribution >= 0.6 is 0 Å². The molecule has 7 nitrogen and oxygen atoms in total. The lowest BCUT2D eigenvalue weighted by Gasteiger charge is -2.35. The van der Waals surface area contributed by atoms with E-state index >= 15 is 0 Å². The third-order valence-corrected chi connectivity index (χ3v) is 5.85. The van der Waals surface area contributed by atoms with Crippen molar-refractivity contribution in [3.8, 4) is 0 Å². The molecule has 2 heterocycles. The molecule has 2 aromatic carbocycles. The zero-order valence-corrected chi connectivity index (χ0v) is 18.0. The van der Waals surface area contributed by atoms with E-state index in [2.05, 4.69) is 15.4 Å². The van der Waals surface area contributed by atoms with Gasteiger partial charge in [-0.1, -0.05) is 47.6 Å². The zero-order chi connectivity index (χ0) is 22.5. The van der Waals surface area contributed by atoms with Crippen molar-refractivity contribution in [1.82, 2.24) is 15.1 Å². The van der Waals surface area contributed by atoms with E-state index in [-0.39, 0.29) is 24.1 Å². The summed E-state index contributed by atoms with van der Waals surface area (Å²) in [7, 11) is 2.03. The van der Waals surface area contributed by atoms with Crippen LogP contribution in [0.3, 0.4) is 0 Å². The monoisotopic (exact) mass is 438 g/mol. The summed E-state index contributed by atoms with van der Waals surface area (Å²) in [6, 6.07) is 14.8. The Labute approximate surface area is 186 Å². The van der Waals surface area contributed by atoms with Gasteiger partial charge in [-0.15, -0.1) is 0 Å². The van der Waals surface area contributed by atoms with Crippen LogP contribution in [0.1, 0.15) is 17.5 Å². The molecule has 0 radical (unpaired) electrons. The number of nitrogens with one attached hydrogen (secondary N) is 1. The van der Waals surface area contributed by atoms with Crippen LogP contribution in [0, 0.1) is 5.82 Å². The number of piperazine rings is 1. The molecule has 2 unspecified atom stereocenters. The number of amides is 2. The first kappa shape index (κ1) is 22.0. The van der Waals surface area contributed by atoms with Crippen LogP contribution in [-0.2, 0) is 20.8 Å². The lowest BCUT2D eigenvalue weighted by atomic mass is 10.0. The van der Waals surface area contributed by atoms with Crippen molar-refractivity contribution >= 4 is 17.5 Å². The number of hydrogen-bond acceptors (Lipinski definition) is 5. The van der Waals surface area contributed by atoms with Gasteiger partial charge in [0.15, 0.2) is 0 Å². The normalized spacial score (nSPS) is 19.8. The molecule has 0 aromatic heterocycles. The topological polar surface area (TPSA) is 74.2 Å². The highest BCUT2D eigenvalue weighted by Gasteiger charge is 2.34. The number of rotatable bonds is 6. The third kappa shape index (κ3) is 5.31. The third-order valence-electron chi connectivity index (χ3n) is 5.85. The van der Waals surface area contributed by atoms with Crippen LogP contribution in [0.5, 0.6) is 0 Å². The summed E-state index contributed by atoms with van der Waals surface area (Å²) in [6.07, 6.45) is -0.164. The highest BCUT2D eigenvalue weighted by molar-refractivity contribution is 6.04. The molecule has 1 fully saturated rings. The summed E-state index contributed by atoms with van der Waals surface area (Å²) in [5.41, 5.74) is 2.25. The summed E-state index contributed by atoms with van der Waals surface area (Å²) < 4.78 is 13.2. The number of nitrogens with zero attached hydrogens (tertiary/aromatic N) is 3. The highest BCUT2D eigenvalue weighted by Crippen LogP contribution is 2.18. The minimum Gasteiger partial charge on any atom is -0.382 e. The van der Waals surface area contributed by atoms with Gasteiger partial charge in [0.1, 0.15) is 11.9 Å². The maximum atomic E-state index is 13.3. The van der Waals surface area contributed by atoms with Crippen molar-refractivity contribution < 1.29 is 18.8 Å². The van der Waals surface area contributed by atoms with Crippen LogP contribution in [0.25, 0.3) is 0 Å². The fraction of sp³-hybridized carbons (Fsp3) is 0.375. The number of oxime groups is 1. The Hall–Kier alpha value is -3.26. The number of hydrogen-bond donors (Lipinski definition) is 1. The van der Waals surface area contributed by atoms with E-state index in [1.54, 1.807) is 12.1 Å². The van der Waals surface area contributed by atoms with Crippen LogP contribution < -0.4 is 5.32 Å². The van der Waals surface area contributed by atoms with E-state index in [9.17, 15) is 14.0 Å². The molecule has 2 aliphatic rings. The Morgan fingerprint density at radius 2 is 1.78 bits per heavy atom. The van der Waals surface area contributed by atoms with E-state index in [0.29, 0.717) is 30.8 Å². The fourth-order valence-corrected chi connectivity index (χ4v) is 3.89. The van der Waals surface area contributed by atoms with Crippen LogP contribution in [0.2, 0.25) is 0 Å². The quantitative estimate of drug-likeness (QED) is 0.747. The van der Waals surface area contributed by atoms with Crippen LogP contribution in [0.15, 0.2) is 59.8 Å². The standard InChI is InChI=1S/C24H27FN4O3/c1-28-11-13-29(14-12-28)24(31)21(15-17-5-3-2-4-6-17)26-23(30)22-16-20(27-32-22)18-7-9-19(25)10-8-18/h2-10,21-22H,11-16H2,1H3,(H,26,30). The van der Waals surface area contributed by atoms with Crippen molar-refractivity contribution in [1.29, 1.82) is 0 Å². The van der Waals surface area contributed by atoms with Gasteiger partial charge in [0.25, 0.3) is 5.91 Å². The predicted molar refractivity (Wildman–Crippen MR) is 119 cm³/mol. The number of likely N-dealkylation sites (N-methyl/N-ethyl adjacent to an activating group) is 1. The maximum Gasteiger partial charge on any atom is 0.265 e. The summed E-state index contributed by atoms with van der Waals surface area (Å²) in [5.74, 6) is -0.809. The molecule has 2 aromatic rings. The average molecular weight is 439 g/mol. The second-order valence-electron chi connectivity index (χ2n) is 8.22. The zero-order valence-electron chi connectivity index (χ0n) is 18.0. The molecule has 0 spiro atoms. The maximum absolute atomic E-state index is 13.3. The highest BCUT2D eigenvalue weighted by atomic mass is 19.1. The molecular formula is C24H27FN4O3. The van der Waals surface area contributed by atoms with Gasteiger partial charge in [-0.05, 0) is 30.3 Å². The molecule has 2 aliphatic heterocycles. The Bertz CT molecular complexity index is 972. The second-order valence-corrected chi connectivity index (χ2v) is 8.22. The summed E-state index contributed by atoms with van der Waals surface area (Å²) in [6.45, 7) is 2.87. The van der Waals surface area contributed by atoms with E-state index < -0.39 is 12.1 Å².